The molecular weight excluding hydrogens is 324 g/mol. The van der Waals surface area contributed by atoms with Crippen LogP contribution in [0.15, 0.2) is 54.6 Å². The zero-order chi connectivity index (χ0) is 17.9. The van der Waals surface area contributed by atoms with Gasteiger partial charge < -0.3 is 4.90 Å². The van der Waals surface area contributed by atoms with Crippen LogP contribution < -0.4 is 9.21 Å². The average Bonchev–Trinajstić information content (AvgIpc) is 2.60. The van der Waals surface area contributed by atoms with Gasteiger partial charge in [-0.15, -0.1) is 0 Å². The largest absolute Gasteiger partial charge is 0.311 e. The summed E-state index contributed by atoms with van der Waals surface area (Å²) in [7, 11) is -0.145. The summed E-state index contributed by atoms with van der Waals surface area (Å²) in [6, 6.07) is 15.9. The average molecular weight is 346 g/mol. The van der Waals surface area contributed by atoms with Gasteiger partial charge in [-0.2, -0.15) is 0 Å². The van der Waals surface area contributed by atoms with Gasteiger partial charge in [-0.25, -0.2) is 8.42 Å². The van der Waals surface area contributed by atoms with Crippen LogP contribution in [0.1, 0.15) is 24.2 Å². The number of nitrogens with zero attached hydrogens (tertiary/aromatic N) is 2. The fourth-order valence-corrected chi connectivity index (χ4v) is 3.29. The highest BCUT2D eigenvalue weighted by Gasteiger charge is 2.22. The molecule has 0 radical (unpaired) electrons. The van der Waals surface area contributed by atoms with E-state index in [0.717, 1.165) is 0 Å². The molecule has 0 heterocycles. The zero-order valence-electron chi connectivity index (χ0n) is 14.3. The second kappa shape index (κ2) is 7.05. The molecule has 0 spiro atoms. The maximum atomic E-state index is 12.4. The summed E-state index contributed by atoms with van der Waals surface area (Å²) in [4.78, 5) is 14.0. The van der Waals surface area contributed by atoms with Gasteiger partial charge >= 0.3 is 0 Å². The van der Waals surface area contributed by atoms with Crippen LogP contribution in [0.25, 0.3) is 0 Å². The van der Waals surface area contributed by atoms with Crippen molar-refractivity contribution in [2.24, 2.45) is 0 Å². The van der Waals surface area contributed by atoms with Crippen molar-refractivity contribution in [1.29, 1.82) is 0 Å². The van der Waals surface area contributed by atoms with Crippen molar-refractivity contribution in [3.63, 3.8) is 0 Å². The van der Waals surface area contributed by atoms with E-state index >= 15 is 0 Å². The van der Waals surface area contributed by atoms with Gasteiger partial charge in [-0.05, 0) is 50.2 Å². The highest BCUT2D eigenvalue weighted by Crippen LogP contribution is 2.23. The molecule has 0 saturated heterocycles. The first-order valence-electron chi connectivity index (χ1n) is 7.66. The van der Waals surface area contributed by atoms with Gasteiger partial charge in [0, 0.05) is 25.3 Å². The number of amides is 1. The first-order valence-corrected chi connectivity index (χ1v) is 9.16. The summed E-state index contributed by atoms with van der Waals surface area (Å²) < 4.78 is 25.7. The minimum atomic E-state index is -3.37. The number of anilines is 2. The maximum absolute atomic E-state index is 12.4. The SMILES string of the molecule is CC(C)S(=O)(=O)N(C)c1ccc(N(C)C(=O)c2ccccc2)cc1. The van der Waals surface area contributed by atoms with Gasteiger partial charge in [0.15, 0.2) is 0 Å². The monoisotopic (exact) mass is 346 g/mol. The minimum absolute atomic E-state index is 0.119. The number of rotatable bonds is 5. The predicted molar refractivity (Wildman–Crippen MR) is 98.1 cm³/mol. The number of carbonyl (C=O) groups excluding carboxylic acids is 1. The van der Waals surface area contributed by atoms with E-state index in [0.29, 0.717) is 16.9 Å². The Morgan fingerprint density at radius 2 is 1.38 bits per heavy atom. The van der Waals surface area contributed by atoms with Gasteiger partial charge in [-0.1, -0.05) is 18.2 Å². The van der Waals surface area contributed by atoms with Crippen LogP contribution in [0.4, 0.5) is 11.4 Å². The Hall–Kier alpha value is -2.34. The molecule has 0 aliphatic carbocycles. The van der Waals surface area contributed by atoms with E-state index in [1.807, 2.05) is 18.2 Å². The first kappa shape index (κ1) is 18.0. The summed E-state index contributed by atoms with van der Waals surface area (Å²) in [5.74, 6) is -0.119. The van der Waals surface area contributed by atoms with Gasteiger partial charge in [0.05, 0.1) is 10.9 Å². The highest BCUT2D eigenvalue weighted by atomic mass is 32.2. The van der Waals surface area contributed by atoms with Crippen LogP contribution in [0.3, 0.4) is 0 Å². The van der Waals surface area contributed by atoms with Gasteiger partial charge in [0.2, 0.25) is 10.0 Å². The lowest BCUT2D eigenvalue weighted by atomic mass is 10.2. The van der Waals surface area contributed by atoms with Gasteiger partial charge in [-0.3, -0.25) is 9.10 Å². The zero-order valence-corrected chi connectivity index (χ0v) is 15.1. The molecule has 6 heteroatoms. The molecule has 0 saturated carbocycles. The van der Waals surface area contributed by atoms with Crippen molar-refractivity contribution in [3.8, 4) is 0 Å². The van der Waals surface area contributed by atoms with E-state index in [1.54, 1.807) is 57.3 Å². The number of sulfonamides is 1. The van der Waals surface area contributed by atoms with Crippen LogP contribution >= 0.6 is 0 Å². The third-order valence-corrected chi connectivity index (χ3v) is 6.07. The molecule has 2 rings (SSSR count). The molecule has 0 aliphatic heterocycles. The molecular formula is C18H22N2O3S. The Bertz CT molecular complexity index is 800. The number of benzene rings is 2. The maximum Gasteiger partial charge on any atom is 0.258 e. The molecule has 0 atom stereocenters. The predicted octanol–water partition coefficient (Wildman–Crippen LogP) is 3.14. The van der Waals surface area contributed by atoms with Gasteiger partial charge in [0.25, 0.3) is 5.91 Å². The Kier molecular flexibility index (Phi) is 5.29. The van der Waals surface area contributed by atoms with Gasteiger partial charge in [0.1, 0.15) is 0 Å². The Labute approximate surface area is 143 Å². The van der Waals surface area contributed by atoms with Crippen LogP contribution in [-0.4, -0.2) is 33.7 Å². The van der Waals surface area contributed by atoms with Crippen LogP contribution in [0, 0.1) is 0 Å². The smallest absolute Gasteiger partial charge is 0.258 e. The second-order valence-electron chi connectivity index (χ2n) is 5.81. The fourth-order valence-electron chi connectivity index (χ4n) is 2.24. The fraction of sp³-hybridized carbons (Fsp3) is 0.278. The van der Waals surface area contributed by atoms with Crippen LogP contribution in [0.2, 0.25) is 0 Å². The molecule has 24 heavy (non-hydrogen) atoms. The van der Waals surface area contributed by atoms with E-state index in [4.69, 9.17) is 0 Å². The van der Waals surface area contributed by atoms with E-state index in [1.165, 1.54) is 16.3 Å². The molecule has 2 aromatic carbocycles. The van der Waals surface area contributed by atoms with E-state index in [2.05, 4.69) is 0 Å². The Balaban J connectivity index is 2.22. The molecule has 1 amide bonds. The van der Waals surface area contributed by atoms with Crippen molar-refractivity contribution < 1.29 is 13.2 Å². The summed E-state index contributed by atoms with van der Waals surface area (Å²) in [5, 5.41) is -0.496. The lowest BCUT2D eigenvalue weighted by Crippen LogP contribution is -2.33. The van der Waals surface area contributed by atoms with Crippen LogP contribution in [0.5, 0.6) is 0 Å². The number of carbonyl (C=O) groups is 1. The normalized spacial score (nSPS) is 11.4. The Morgan fingerprint density at radius 3 is 1.88 bits per heavy atom. The van der Waals surface area contributed by atoms with Crippen molar-refractivity contribution in [3.05, 3.63) is 60.2 Å². The molecule has 0 fully saturated rings. The number of hydrogen-bond acceptors (Lipinski definition) is 3. The Morgan fingerprint density at radius 1 is 0.875 bits per heavy atom. The van der Waals surface area contributed by atoms with Crippen molar-refractivity contribution in [2.75, 3.05) is 23.3 Å². The topological polar surface area (TPSA) is 57.7 Å². The number of hydrogen-bond donors (Lipinski definition) is 0. The quantitative estimate of drug-likeness (QED) is 0.836. The first-order chi connectivity index (χ1) is 11.2. The summed E-state index contributed by atoms with van der Waals surface area (Å²) in [5.41, 5.74) is 1.86. The van der Waals surface area contributed by atoms with Crippen molar-refractivity contribution >= 4 is 27.3 Å². The molecule has 2 aromatic rings. The van der Waals surface area contributed by atoms with Crippen LogP contribution in [-0.2, 0) is 10.0 Å². The minimum Gasteiger partial charge on any atom is -0.311 e. The highest BCUT2D eigenvalue weighted by molar-refractivity contribution is 7.93. The molecule has 0 bridgehead atoms. The summed E-state index contributed by atoms with van der Waals surface area (Å²) in [6.45, 7) is 3.29. The summed E-state index contributed by atoms with van der Waals surface area (Å²) >= 11 is 0. The molecule has 128 valence electrons. The third-order valence-electron chi connectivity index (χ3n) is 3.90. The molecule has 0 aliphatic rings. The van der Waals surface area contributed by atoms with Crippen molar-refractivity contribution in [2.45, 2.75) is 19.1 Å². The second-order valence-corrected chi connectivity index (χ2v) is 8.33. The molecule has 0 N–H and O–H groups in total. The molecule has 0 aromatic heterocycles. The summed E-state index contributed by atoms with van der Waals surface area (Å²) in [6.07, 6.45) is 0. The standard InChI is InChI=1S/C18H22N2O3S/c1-14(2)24(22,23)20(4)17-12-10-16(11-13-17)19(3)18(21)15-8-6-5-7-9-15/h5-14H,1-4H3. The van der Waals surface area contributed by atoms with Crippen molar-refractivity contribution in [1.82, 2.24) is 0 Å². The molecule has 0 unspecified atom stereocenters. The lowest BCUT2D eigenvalue weighted by Gasteiger charge is -2.23. The van der Waals surface area contributed by atoms with E-state index < -0.39 is 15.3 Å². The van der Waals surface area contributed by atoms with E-state index in [-0.39, 0.29) is 5.91 Å². The van der Waals surface area contributed by atoms with E-state index in [9.17, 15) is 13.2 Å². The molecule has 5 nitrogen and oxygen atoms in total. The lowest BCUT2D eigenvalue weighted by molar-refractivity contribution is 0.0993. The third kappa shape index (κ3) is 3.59.